The molecule has 186 valence electrons. The highest BCUT2D eigenvalue weighted by molar-refractivity contribution is 5.82. The summed E-state index contributed by atoms with van der Waals surface area (Å²) in [7, 11) is 0. The quantitative estimate of drug-likeness (QED) is 0.299. The molecule has 8 nitrogen and oxygen atoms in total. The van der Waals surface area contributed by atoms with E-state index in [0.717, 1.165) is 24.0 Å². The summed E-state index contributed by atoms with van der Waals surface area (Å²) in [5.74, 6) is 0.365. The first kappa shape index (κ1) is 27.4. The first-order chi connectivity index (χ1) is 16.4. The van der Waals surface area contributed by atoms with Crippen LogP contribution in [0.2, 0.25) is 0 Å². The van der Waals surface area contributed by atoms with Gasteiger partial charge in [-0.05, 0) is 60.1 Å². The molecule has 8 heteroatoms. The Balaban J connectivity index is 1.65. The molecular formula is C26H40N6O2. The molecule has 0 aromatic carbocycles. The van der Waals surface area contributed by atoms with Gasteiger partial charge in [0, 0.05) is 51.0 Å². The molecule has 0 bridgehead atoms. The second-order valence-corrected chi connectivity index (χ2v) is 9.21. The van der Waals surface area contributed by atoms with Crippen LogP contribution in [0, 0.1) is 11.8 Å². The summed E-state index contributed by atoms with van der Waals surface area (Å²) >= 11 is 0. The van der Waals surface area contributed by atoms with Crippen LogP contribution in [0.3, 0.4) is 0 Å². The van der Waals surface area contributed by atoms with Crippen LogP contribution in [0.25, 0.3) is 0 Å². The number of hydrogen-bond donors (Lipinski definition) is 4. The van der Waals surface area contributed by atoms with E-state index in [1.807, 2.05) is 52.0 Å². The van der Waals surface area contributed by atoms with Gasteiger partial charge >= 0.3 is 0 Å². The fraction of sp³-hybridized carbons (Fsp3) is 0.538. The van der Waals surface area contributed by atoms with E-state index in [4.69, 9.17) is 0 Å². The number of carbonyl (C=O) groups excluding carboxylic acids is 2. The number of amides is 2. The molecule has 0 unspecified atom stereocenters. The van der Waals surface area contributed by atoms with Gasteiger partial charge in [0.15, 0.2) is 0 Å². The molecule has 0 spiro atoms. The maximum Gasteiger partial charge on any atom is 0.237 e. The van der Waals surface area contributed by atoms with Crippen LogP contribution in [-0.2, 0) is 22.7 Å². The monoisotopic (exact) mass is 468 g/mol. The molecule has 0 fully saturated rings. The Hall–Kier alpha value is -2.84. The largest absolute Gasteiger partial charge is 0.355 e. The van der Waals surface area contributed by atoms with E-state index in [1.54, 1.807) is 24.8 Å². The molecule has 2 aromatic rings. The molecule has 2 aromatic heterocycles. The maximum absolute atomic E-state index is 12.6. The number of unbranched alkanes of at least 4 members (excludes halogenated alkanes) is 1. The van der Waals surface area contributed by atoms with Crippen molar-refractivity contribution in [3.8, 4) is 0 Å². The number of nitrogens with one attached hydrogen (secondary N) is 4. The third-order valence-corrected chi connectivity index (χ3v) is 5.65. The van der Waals surface area contributed by atoms with Crippen molar-refractivity contribution in [1.29, 1.82) is 0 Å². The normalized spacial score (nSPS) is 13.0. The van der Waals surface area contributed by atoms with Crippen molar-refractivity contribution in [2.45, 2.75) is 65.7 Å². The van der Waals surface area contributed by atoms with Crippen molar-refractivity contribution >= 4 is 11.8 Å². The predicted molar refractivity (Wildman–Crippen MR) is 135 cm³/mol. The van der Waals surface area contributed by atoms with Gasteiger partial charge in [0.1, 0.15) is 0 Å². The fourth-order valence-corrected chi connectivity index (χ4v) is 3.61. The van der Waals surface area contributed by atoms with Gasteiger partial charge < -0.3 is 21.3 Å². The summed E-state index contributed by atoms with van der Waals surface area (Å²) in [4.78, 5) is 33.3. The van der Waals surface area contributed by atoms with Crippen molar-refractivity contribution in [2.24, 2.45) is 11.8 Å². The zero-order valence-corrected chi connectivity index (χ0v) is 20.9. The Labute approximate surface area is 203 Å². The van der Waals surface area contributed by atoms with Crippen LogP contribution in [0.1, 0.15) is 51.7 Å². The van der Waals surface area contributed by atoms with Gasteiger partial charge in [-0.15, -0.1) is 0 Å². The second-order valence-electron chi connectivity index (χ2n) is 9.21. The van der Waals surface area contributed by atoms with Crippen LogP contribution < -0.4 is 21.3 Å². The standard InChI is InChI=1S/C26H40N6O2/c1-19(2)23(31-17-21-7-13-27-14-8-21)25(33)29-11-5-6-12-30-26(34)24(20(3)4)32-18-22-9-15-28-16-10-22/h7-10,13-16,19-20,23-24,31-32H,5-6,11-12,17-18H2,1-4H3,(H,29,33)(H,30,34)/t23-,24-/m0/s1. The van der Waals surface area contributed by atoms with E-state index >= 15 is 0 Å². The Morgan fingerprint density at radius 3 is 1.35 bits per heavy atom. The average molecular weight is 469 g/mol. The molecule has 2 atom stereocenters. The lowest BCUT2D eigenvalue weighted by Gasteiger charge is -2.22. The lowest BCUT2D eigenvalue weighted by Crippen LogP contribution is -2.48. The van der Waals surface area contributed by atoms with E-state index in [1.165, 1.54) is 0 Å². The SMILES string of the molecule is CC(C)[C@H](NCc1ccncc1)C(=O)NCCCCNC(=O)[C@@H](NCc1ccncc1)C(C)C. The van der Waals surface area contributed by atoms with Gasteiger partial charge in [0.05, 0.1) is 12.1 Å². The van der Waals surface area contributed by atoms with Crippen molar-refractivity contribution < 1.29 is 9.59 Å². The summed E-state index contributed by atoms with van der Waals surface area (Å²) in [6, 6.07) is 7.24. The van der Waals surface area contributed by atoms with Crippen LogP contribution >= 0.6 is 0 Å². The molecule has 2 amide bonds. The molecule has 2 heterocycles. The molecule has 0 radical (unpaired) electrons. The molecule has 0 saturated heterocycles. The van der Waals surface area contributed by atoms with Crippen molar-refractivity contribution in [3.63, 3.8) is 0 Å². The molecule has 34 heavy (non-hydrogen) atoms. The van der Waals surface area contributed by atoms with E-state index in [0.29, 0.717) is 26.2 Å². The number of carbonyl (C=O) groups is 2. The van der Waals surface area contributed by atoms with Crippen molar-refractivity contribution in [3.05, 3.63) is 60.2 Å². The molecule has 0 saturated carbocycles. The average Bonchev–Trinajstić information content (AvgIpc) is 2.82. The molecule has 0 aliphatic heterocycles. The highest BCUT2D eigenvalue weighted by atomic mass is 16.2. The Bertz CT molecular complexity index is 773. The second kappa shape index (κ2) is 15.1. The summed E-state index contributed by atoms with van der Waals surface area (Å²) in [6.07, 6.45) is 8.61. The van der Waals surface area contributed by atoms with Gasteiger partial charge in [-0.1, -0.05) is 27.7 Å². The molecular weight excluding hydrogens is 428 g/mol. The molecule has 0 aliphatic rings. The van der Waals surface area contributed by atoms with E-state index in [9.17, 15) is 9.59 Å². The Morgan fingerprint density at radius 2 is 1.03 bits per heavy atom. The molecule has 2 rings (SSSR count). The first-order valence-electron chi connectivity index (χ1n) is 12.2. The van der Waals surface area contributed by atoms with Gasteiger partial charge in [0.25, 0.3) is 0 Å². The maximum atomic E-state index is 12.6. The third-order valence-electron chi connectivity index (χ3n) is 5.65. The molecule has 0 aliphatic carbocycles. The predicted octanol–water partition coefficient (Wildman–Crippen LogP) is 2.42. The topological polar surface area (TPSA) is 108 Å². The summed E-state index contributed by atoms with van der Waals surface area (Å²) in [5, 5.41) is 12.7. The van der Waals surface area contributed by atoms with E-state index in [2.05, 4.69) is 31.2 Å². The smallest absolute Gasteiger partial charge is 0.237 e. The van der Waals surface area contributed by atoms with Crippen molar-refractivity contribution in [1.82, 2.24) is 31.2 Å². The zero-order chi connectivity index (χ0) is 24.8. The first-order valence-corrected chi connectivity index (χ1v) is 12.2. The van der Waals surface area contributed by atoms with Gasteiger partial charge in [-0.2, -0.15) is 0 Å². The van der Waals surface area contributed by atoms with E-state index < -0.39 is 0 Å². The number of pyridine rings is 2. The summed E-state index contributed by atoms with van der Waals surface area (Å²) in [5.41, 5.74) is 2.19. The summed E-state index contributed by atoms with van der Waals surface area (Å²) < 4.78 is 0. The van der Waals surface area contributed by atoms with Crippen LogP contribution in [0.5, 0.6) is 0 Å². The summed E-state index contributed by atoms with van der Waals surface area (Å²) in [6.45, 7) is 10.6. The lowest BCUT2D eigenvalue weighted by molar-refractivity contribution is -0.125. The highest BCUT2D eigenvalue weighted by Gasteiger charge is 2.22. The van der Waals surface area contributed by atoms with Crippen LogP contribution in [0.4, 0.5) is 0 Å². The zero-order valence-electron chi connectivity index (χ0n) is 20.9. The lowest BCUT2D eigenvalue weighted by atomic mass is 10.0. The van der Waals surface area contributed by atoms with Crippen LogP contribution in [0.15, 0.2) is 49.1 Å². The number of hydrogen-bond acceptors (Lipinski definition) is 6. The fourth-order valence-electron chi connectivity index (χ4n) is 3.61. The van der Waals surface area contributed by atoms with Gasteiger partial charge in [0.2, 0.25) is 11.8 Å². The van der Waals surface area contributed by atoms with Gasteiger partial charge in [-0.3, -0.25) is 19.6 Å². The van der Waals surface area contributed by atoms with Crippen molar-refractivity contribution in [2.75, 3.05) is 13.1 Å². The minimum Gasteiger partial charge on any atom is -0.355 e. The third kappa shape index (κ3) is 9.97. The number of aromatic nitrogens is 2. The minimum atomic E-state index is -0.258. The van der Waals surface area contributed by atoms with E-state index in [-0.39, 0.29) is 35.7 Å². The Morgan fingerprint density at radius 1 is 0.676 bits per heavy atom. The number of nitrogens with zero attached hydrogens (tertiary/aromatic N) is 2. The number of rotatable bonds is 15. The van der Waals surface area contributed by atoms with Crippen LogP contribution in [-0.4, -0.2) is 47.0 Å². The minimum absolute atomic E-state index is 0.00766. The molecule has 4 N–H and O–H groups in total. The van der Waals surface area contributed by atoms with Gasteiger partial charge in [-0.25, -0.2) is 0 Å². The Kier molecular flexibility index (Phi) is 12.2. The highest BCUT2D eigenvalue weighted by Crippen LogP contribution is 2.06.